The largest absolute Gasteiger partial charge is 3.00 e. The molecule has 0 aliphatic carbocycles. The van der Waals surface area contributed by atoms with Crippen molar-refractivity contribution in [1.82, 2.24) is 0 Å². The van der Waals surface area contributed by atoms with Gasteiger partial charge in [0.1, 0.15) is 0 Å². The van der Waals surface area contributed by atoms with Gasteiger partial charge in [0.05, 0.1) is 0 Å². The monoisotopic (exact) mass is 179 g/mol. The van der Waals surface area contributed by atoms with Gasteiger partial charge in [0.2, 0.25) is 0 Å². The molecule has 0 spiro atoms. The van der Waals surface area contributed by atoms with Crippen LogP contribution in [-0.4, -0.2) is 10.2 Å². The van der Waals surface area contributed by atoms with Crippen LogP contribution in [0, 0.1) is 13.2 Å². The van der Waals surface area contributed by atoms with Crippen molar-refractivity contribution in [3.8, 4) is 0 Å². The Balaban J connectivity index is -0.0000000400. The molecule has 0 bridgehead atoms. The zero-order valence-corrected chi connectivity index (χ0v) is 7.46. The molecule has 0 heterocycles. The Morgan fingerprint density at radius 3 is 1.00 bits per heavy atom. The molecule has 0 atom stereocenters. The zero-order chi connectivity index (χ0) is 5.41. The van der Waals surface area contributed by atoms with E-state index in [0.717, 1.165) is 13.2 Å². The Hall–Kier alpha value is 1.02. The topological polar surface area (TPSA) is 40.5 Å². The molecule has 0 amide bonds. The van der Waals surface area contributed by atoms with Crippen molar-refractivity contribution >= 4 is 0 Å². The van der Waals surface area contributed by atoms with Crippen molar-refractivity contribution in [3.63, 3.8) is 0 Å². The van der Waals surface area contributed by atoms with Crippen molar-refractivity contribution < 1.29 is 42.9 Å². The van der Waals surface area contributed by atoms with E-state index in [-0.39, 0.29) is 32.7 Å². The molecule has 2 N–H and O–H groups in total. The predicted octanol–water partition coefficient (Wildman–Crippen LogP) is 1.08. The number of rotatable bonds is 0. The molecule has 0 unspecified atom stereocenters. The second-order valence-corrected chi connectivity index (χ2v) is 0.516. The van der Waals surface area contributed by atoms with Crippen LogP contribution in [0.1, 0.15) is 13.8 Å². The molecule has 0 aliphatic rings. The van der Waals surface area contributed by atoms with E-state index in [0.29, 0.717) is 0 Å². The minimum absolute atomic E-state index is 0. The van der Waals surface area contributed by atoms with Gasteiger partial charge in [0.15, 0.2) is 0 Å². The third-order valence-corrected chi connectivity index (χ3v) is 0. The van der Waals surface area contributed by atoms with Crippen LogP contribution >= 0.6 is 0 Å². The van der Waals surface area contributed by atoms with Crippen molar-refractivity contribution in [2.45, 2.75) is 13.8 Å². The molecule has 0 aromatic heterocycles. The van der Waals surface area contributed by atoms with Gasteiger partial charge in [-0.05, 0) is 0 Å². The first-order chi connectivity index (χ1) is 2.83. The molecule has 0 fully saturated rings. The average molecular weight is 179 g/mol. The normalized spacial score (nSPS) is 5.14. The van der Waals surface area contributed by atoms with Gasteiger partial charge >= 0.3 is 32.7 Å². The van der Waals surface area contributed by atoms with Crippen LogP contribution in [0.3, 0.4) is 0 Å². The van der Waals surface area contributed by atoms with E-state index >= 15 is 0 Å². The van der Waals surface area contributed by atoms with E-state index in [2.05, 4.69) is 0 Å². The third-order valence-electron chi connectivity index (χ3n) is 0. The number of aliphatic hydroxyl groups excluding tert-OH is 2. The minimum atomic E-state index is 0. The van der Waals surface area contributed by atoms with E-state index in [1.807, 2.05) is 0 Å². The van der Waals surface area contributed by atoms with E-state index in [1.165, 1.54) is 0 Å². The maximum absolute atomic E-state index is 7.44. The molecule has 0 aromatic carbocycles. The van der Waals surface area contributed by atoms with Gasteiger partial charge in [-0.3, -0.25) is 0 Å². The van der Waals surface area contributed by atoms with Crippen LogP contribution in [0.15, 0.2) is 0 Å². The summed E-state index contributed by atoms with van der Waals surface area (Å²) in [6.45, 7) is 5.11. The predicted molar refractivity (Wildman–Crippen MR) is 23.8 cm³/mol. The maximum atomic E-state index is 7.44. The fourth-order valence-electron chi connectivity index (χ4n) is 0. The Kier molecular flexibility index (Phi) is 62.5. The van der Waals surface area contributed by atoms with Crippen molar-refractivity contribution in [1.29, 1.82) is 0 Å². The van der Waals surface area contributed by atoms with E-state index < -0.39 is 0 Å². The summed E-state index contributed by atoms with van der Waals surface area (Å²) in [5.41, 5.74) is 0. The van der Waals surface area contributed by atoms with Gasteiger partial charge in [-0.25, -0.2) is 13.2 Å². The summed E-state index contributed by atoms with van der Waals surface area (Å²) in [5, 5.41) is 14.9. The Labute approximate surface area is 69.8 Å². The summed E-state index contributed by atoms with van der Waals surface area (Å²) < 4.78 is 0. The third kappa shape index (κ3) is 169. The molecular weight excluding hydrogens is 169 g/mol. The maximum Gasteiger partial charge on any atom is 3.00 e. The minimum Gasteiger partial charge on any atom is -0.566 e. The van der Waals surface area contributed by atoms with Crippen molar-refractivity contribution in [3.05, 3.63) is 13.2 Å². The Morgan fingerprint density at radius 2 is 1.00 bits per heavy atom. The Bertz CT molecular complexity index is 11.7. The van der Waals surface area contributed by atoms with Gasteiger partial charge in [0, 0.05) is 0 Å². The van der Waals surface area contributed by atoms with Crippen LogP contribution in [0.25, 0.3) is 0 Å². The Morgan fingerprint density at radius 1 is 1.00 bits per heavy atom. The molecule has 0 radical (unpaired) electrons. The van der Waals surface area contributed by atoms with E-state index in [9.17, 15) is 0 Å². The van der Waals surface area contributed by atoms with Crippen LogP contribution in [0.5, 0.6) is 0 Å². The van der Waals surface area contributed by atoms with Crippen LogP contribution in [0.4, 0.5) is 0 Å². The number of aliphatic hydroxyl groups is 2. The molecule has 0 rings (SSSR count). The second kappa shape index (κ2) is 27.9. The quantitative estimate of drug-likeness (QED) is 0.546. The van der Waals surface area contributed by atoms with Crippen molar-refractivity contribution in [2.75, 3.05) is 0 Å². The molecule has 0 aliphatic heterocycles. The first-order valence-electron chi connectivity index (χ1n) is 1.67. The summed E-state index contributed by atoms with van der Waals surface area (Å²) in [6.07, 6.45) is 0. The standard InChI is InChI=1S/2C2H5O.Y/c2*1-2-3;/h2*2-3H,1H3;/q2*-1;+3. The number of hydrogen-bond donors (Lipinski definition) is 2. The zero-order valence-electron chi connectivity index (χ0n) is 4.63. The van der Waals surface area contributed by atoms with Crippen molar-refractivity contribution in [2.24, 2.45) is 0 Å². The number of hydrogen-bond acceptors (Lipinski definition) is 2. The van der Waals surface area contributed by atoms with Gasteiger partial charge in [0.25, 0.3) is 0 Å². The smallest absolute Gasteiger partial charge is 0.566 e. The molecule has 0 saturated carbocycles. The summed E-state index contributed by atoms with van der Waals surface area (Å²) in [5.74, 6) is 0. The summed E-state index contributed by atoms with van der Waals surface area (Å²) in [7, 11) is 0. The summed E-state index contributed by atoms with van der Waals surface area (Å²) >= 11 is 0. The fourth-order valence-corrected chi connectivity index (χ4v) is 0. The van der Waals surface area contributed by atoms with Gasteiger partial charge < -0.3 is 10.2 Å². The molecule has 0 aromatic rings. The van der Waals surface area contributed by atoms with E-state index in [4.69, 9.17) is 10.2 Å². The SMILES string of the molecule is C[CH-]O.C[CH-]O.[Y+3]. The molecule has 0 saturated heterocycles. The molecule has 7 heavy (non-hydrogen) atoms. The van der Waals surface area contributed by atoms with Crippen LogP contribution in [0.2, 0.25) is 0 Å². The molecule has 40 valence electrons. The fraction of sp³-hybridized carbons (Fsp3) is 0.500. The van der Waals surface area contributed by atoms with Crippen LogP contribution in [-0.2, 0) is 32.7 Å². The van der Waals surface area contributed by atoms with Gasteiger partial charge in [-0.1, -0.05) is 0 Å². The first-order valence-corrected chi connectivity index (χ1v) is 1.67. The molecular formula is C4H10O2Y+. The van der Waals surface area contributed by atoms with E-state index in [1.54, 1.807) is 13.8 Å². The summed E-state index contributed by atoms with van der Waals surface area (Å²) in [6, 6.07) is 0. The van der Waals surface area contributed by atoms with Gasteiger partial charge in [-0.15, -0.1) is 0 Å². The average Bonchev–Trinajstić information content (AvgIpc) is 1.39. The molecule has 3 heteroatoms. The molecule has 2 nitrogen and oxygen atoms in total. The summed E-state index contributed by atoms with van der Waals surface area (Å²) in [4.78, 5) is 0. The van der Waals surface area contributed by atoms with Gasteiger partial charge in [-0.2, -0.15) is 13.8 Å². The first kappa shape index (κ1) is 15.7. The van der Waals surface area contributed by atoms with Crippen LogP contribution < -0.4 is 0 Å². The second-order valence-electron chi connectivity index (χ2n) is 0.516.